The lowest BCUT2D eigenvalue weighted by molar-refractivity contribution is -0.124. The molecule has 0 aromatic heterocycles. The van der Waals surface area contributed by atoms with Gasteiger partial charge in [0.1, 0.15) is 11.6 Å². The van der Waals surface area contributed by atoms with Gasteiger partial charge in [-0.3, -0.25) is 9.59 Å². The Hall–Kier alpha value is -0.595. The summed E-state index contributed by atoms with van der Waals surface area (Å²) in [5.74, 6) is -0.125. The highest BCUT2D eigenvalue weighted by Crippen LogP contribution is 1.80. The van der Waals surface area contributed by atoms with Crippen molar-refractivity contribution >= 4 is 20.0 Å². The van der Waals surface area contributed by atoms with Crippen molar-refractivity contribution in [2.45, 2.75) is 20.3 Å². The number of hydrogen-bond acceptors (Lipinski definition) is 2. The average molecular weight is 111 g/mol. The highest BCUT2D eigenvalue weighted by atomic mass is 16.1. The van der Waals surface area contributed by atoms with Crippen LogP contribution in [-0.2, 0) is 9.59 Å². The van der Waals surface area contributed by atoms with Gasteiger partial charge in [-0.1, -0.05) is 0 Å². The van der Waals surface area contributed by atoms with Crippen molar-refractivity contribution in [2.75, 3.05) is 0 Å². The second kappa shape index (κ2) is 4.56. The molecule has 3 radical (unpaired) electrons. The summed E-state index contributed by atoms with van der Waals surface area (Å²) in [6.45, 7) is 2.81. The molecule has 0 bridgehead atoms. The van der Waals surface area contributed by atoms with E-state index in [1.807, 2.05) is 0 Å². The summed E-state index contributed by atoms with van der Waals surface area (Å²) in [5, 5.41) is 0. The average Bonchev–Trinajstić information content (AvgIpc) is 1.27. The molecule has 8 heavy (non-hydrogen) atoms. The maximum absolute atomic E-state index is 10.0. The van der Waals surface area contributed by atoms with Gasteiger partial charge in [-0.2, -0.15) is 0 Å². The molecule has 0 aliphatic carbocycles. The van der Waals surface area contributed by atoms with Crippen LogP contribution in [0.2, 0.25) is 0 Å². The lowest BCUT2D eigenvalue weighted by Gasteiger charge is -1.81. The van der Waals surface area contributed by atoms with E-state index in [0.717, 1.165) is 0 Å². The largest absolute Gasteiger partial charge is 0.300 e. The van der Waals surface area contributed by atoms with Crippen LogP contribution >= 0.6 is 0 Å². The van der Waals surface area contributed by atoms with E-state index in [4.69, 9.17) is 0 Å². The number of ketones is 2. The summed E-state index contributed by atoms with van der Waals surface area (Å²) >= 11 is 0. The van der Waals surface area contributed by atoms with Gasteiger partial charge in [-0.15, -0.1) is 0 Å². The van der Waals surface area contributed by atoms with Crippen molar-refractivity contribution < 1.29 is 9.59 Å². The molecule has 43 valence electrons. The number of rotatable bonds is 2. The molecule has 0 spiro atoms. The summed E-state index contributed by atoms with van der Waals surface area (Å²) in [6.07, 6.45) is 0.0833. The molecule has 0 aromatic carbocycles. The van der Waals surface area contributed by atoms with Crippen molar-refractivity contribution in [3.8, 4) is 0 Å². The van der Waals surface area contributed by atoms with E-state index in [1.165, 1.54) is 13.8 Å². The van der Waals surface area contributed by atoms with Gasteiger partial charge in [-0.25, -0.2) is 0 Å². The first-order chi connectivity index (χ1) is 3.13. The van der Waals surface area contributed by atoms with Gasteiger partial charge in [0.2, 0.25) is 0 Å². The second-order valence-corrected chi connectivity index (χ2v) is 1.58. The molecule has 0 heterocycles. The van der Waals surface area contributed by atoms with E-state index in [9.17, 15) is 9.59 Å². The third-order valence-electron chi connectivity index (χ3n) is 0.498. The predicted octanol–water partition coefficient (Wildman–Crippen LogP) is 0.174. The molecule has 0 amide bonds. The summed E-state index contributed by atoms with van der Waals surface area (Å²) in [5.41, 5.74) is 0. The molecule has 3 heteroatoms. The van der Waals surface area contributed by atoms with Gasteiger partial charge in [-0.05, 0) is 13.8 Å². The van der Waals surface area contributed by atoms with E-state index in [2.05, 4.69) is 0 Å². The monoisotopic (exact) mass is 111 g/mol. The minimum Gasteiger partial charge on any atom is -0.300 e. The Morgan fingerprint density at radius 1 is 1.12 bits per heavy atom. The molecule has 0 saturated heterocycles. The SMILES string of the molecule is CC(=O)CC(C)=O.[B]. The van der Waals surface area contributed by atoms with Crippen molar-refractivity contribution in [2.24, 2.45) is 0 Å². The van der Waals surface area contributed by atoms with Gasteiger partial charge < -0.3 is 0 Å². The number of Topliss-reactive ketones (excluding diaryl/α,β-unsaturated/α-hetero) is 2. The summed E-state index contributed by atoms with van der Waals surface area (Å²) < 4.78 is 0. The van der Waals surface area contributed by atoms with Crippen molar-refractivity contribution in [3.63, 3.8) is 0 Å². The van der Waals surface area contributed by atoms with Crippen LogP contribution in [-0.4, -0.2) is 20.0 Å². The zero-order valence-electron chi connectivity index (χ0n) is 5.10. The van der Waals surface area contributed by atoms with Crippen molar-refractivity contribution in [1.29, 1.82) is 0 Å². The van der Waals surface area contributed by atoms with E-state index < -0.39 is 0 Å². The Labute approximate surface area is 50.8 Å². The molecule has 0 saturated carbocycles. The Morgan fingerprint density at radius 3 is 1.38 bits per heavy atom. The molecule has 0 aromatic rings. The standard InChI is InChI=1S/C5H8O2.B/c1-4(6)3-5(2)7;/h3H2,1-2H3;. The molecule has 0 unspecified atom stereocenters. The van der Waals surface area contributed by atoms with Crippen LogP contribution in [0.25, 0.3) is 0 Å². The highest BCUT2D eigenvalue weighted by molar-refractivity contribution is 5.96. The Kier molecular flexibility index (Phi) is 5.93. The smallest absolute Gasteiger partial charge is 0.137 e. The van der Waals surface area contributed by atoms with Gasteiger partial charge >= 0.3 is 0 Å². The van der Waals surface area contributed by atoms with Crippen molar-refractivity contribution in [3.05, 3.63) is 0 Å². The maximum atomic E-state index is 10.0. The van der Waals surface area contributed by atoms with E-state index in [0.29, 0.717) is 0 Å². The van der Waals surface area contributed by atoms with Gasteiger partial charge in [0.15, 0.2) is 0 Å². The third kappa shape index (κ3) is 9.05. The van der Waals surface area contributed by atoms with Crippen LogP contribution in [0.3, 0.4) is 0 Å². The first-order valence-electron chi connectivity index (χ1n) is 2.12. The van der Waals surface area contributed by atoms with E-state index in [1.54, 1.807) is 0 Å². The van der Waals surface area contributed by atoms with E-state index >= 15 is 0 Å². The number of carbonyl (C=O) groups is 2. The van der Waals surface area contributed by atoms with Crippen LogP contribution in [0.1, 0.15) is 20.3 Å². The summed E-state index contributed by atoms with van der Waals surface area (Å²) in [4.78, 5) is 20.1. The fraction of sp³-hybridized carbons (Fsp3) is 0.600. The van der Waals surface area contributed by atoms with Crippen LogP contribution in [0.5, 0.6) is 0 Å². The Bertz CT molecular complexity index is 86.6. The molecule has 0 aliphatic heterocycles. The second-order valence-electron chi connectivity index (χ2n) is 1.58. The number of hydrogen-bond donors (Lipinski definition) is 0. The molecule has 2 nitrogen and oxygen atoms in total. The number of carbonyl (C=O) groups excluding carboxylic acids is 2. The first-order valence-corrected chi connectivity index (χ1v) is 2.12. The lowest BCUT2D eigenvalue weighted by atomic mass is 10.2. The van der Waals surface area contributed by atoms with Crippen molar-refractivity contribution in [1.82, 2.24) is 0 Å². The van der Waals surface area contributed by atoms with Crippen LogP contribution in [0, 0.1) is 0 Å². The molecule has 0 aliphatic rings. The van der Waals surface area contributed by atoms with Gasteiger partial charge in [0.05, 0.1) is 6.42 Å². The summed E-state index contributed by atoms with van der Waals surface area (Å²) in [6, 6.07) is 0. The normalized spacial score (nSPS) is 7.25. The minimum absolute atomic E-state index is 0. The maximum Gasteiger partial charge on any atom is 0.137 e. The topological polar surface area (TPSA) is 34.1 Å². The Morgan fingerprint density at radius 2 is 1.38 bits per heavy atom. The highest BCUT2D eigenvalue weighted by Gasteiger charge is 1.94. The molecule has 0 atom stereocenters. The molecule has 0 N–H and O–H groups in total. The molecule has 0 fully saturated rings. The van der Waals surface area contributed by atoms with Crippen LogP contribution < -0.4 is 0 Å². The fourth-order valence-corrected chi connectivity index (χ4v) is 0.351. The first kappa shape index (κ1) is 10.4. The quantitative estimate of drug-likeness (QED) is 0.376. The van der Waals surface area contributed by atoms with Crippen LogP contribution in [0.15, 0.2) is 0 Å². The molecular weight excluding hydrogens is 103 g/mol. The third-order valence-corrected chi connectivity index (χ3v) is 0.498. The van der Waals surface area contributed by atoms with Crippen LogP contribution in [0.4, 0.5) is 0 Å². The zero-order chi connectivity index (χ0) is 5.86. The fourth-order valence-electron chi connectivity index (χ4n) is 0.351. The molecule has 0 rings (SSSR count). The summed E-state index contributed by atoms with van der Waals surface area (Å²) in [7, 11) is 0. The Balaban J connectivity index is 0. The minimum atomic E-state index is -0.0625. The van der Waals surface area contributed by atoms with Gasteiger partial charge in [0, 0.05) is 8.41 Å². The lowest BCUT2D eigenvalue weighted by Crippen LogP contribution is -1.97. The predicted molar refractivity (Wildman–Crippen MR) is 31.7 cm³/mol. The zero-order valence-corrected chi connectivity index (χ0v) is 5.10. The molecular formula is C5H8BO2. The van der Waals surface area contributed by atoms with Gasteiger partial charge in [0.25, 0.3) is 0 Å². The van der Waals surface area contributed by atoms with E-state index in [-0.39, 0.29) is 26.4 Å².